The molecule has 6 heteroatoms. The molecule has 0 atom stereocenters. The number of aryl methyl sites for hydroxylation is 1. The Morgan fingerprint density at radius 2 is 2.27 bits per heavy atom. The molecule has 0 spiro atoms. The summed E-state index contributed by atoms with van der Waals surface area (Å²) in [6, 6.07) is 9.38. The molecular weight excluding hydrogens is 282 g/mol. The van der Waals surface area contributed by atoms with Crippen LogP contribution in [-0.4, -0.2) is 41.4 Å². The SMILES string of the molecule is COc1ccccc1CN(C)C(=O)c1cc2n(n1)CCCO2. The maximum Gasteiger partial charge on any atom is 0.274 e. The van der Waals surface area contributed by atoms with E-state index in [9.17, 15) is 4.79 Å². The Hall–Kier alpha value is -2.50. The van der Waals surface area contributed by atoms with Crippen LogP contribution in [0.2, 0.25) is 0 Å². The zero-order chi connectivity index (χ0) is 15.5. The van der Waals surface area contributed by atoms with Gasteiger partial charge >= 0.3 is 0 Å². The number of carbonyl (C=O) groups is 1. The number of nitrogens with zero attached hydrogens (tertiary/aromatic N) is 3. The van der Waals surface area contributed by atoms with Gasteiger partial charge in [-0.05, 0) is 6.07 Å². The van der Waals surface area contributed by atoms with Crippen molar-refractivity contribution < 1.29 is 14.3 Å². The zero-order valence-corrected chi connectivity index (χ0v) is 12.8. The van der Waals surface area contributed by atoms with Gasteiger partial charge in [0.1, 0.15) is 5.75 Å². The van der Waals surface area contributed by atoms with Gasteiger partial charge in [0, 0.05) is 38.2 Å². The van der Waals surface area contributed by atoms with Crippen molar-refractivity contribution in [2.45, 2.75) is 19.5 Å². The van der Waals surface area contributed by atoms with Crippen LogP contribution in [0.15, 0.2) is 30.3 Å². The summed E-state index contributed by atoms with van der Waals surface area (Å²) in [6.07, 6.45) is 0.916. The van der Waals surface area contributed by atoms with Gasteiger partial charge in [-0.1, -0.05) is 18.2 Å². The van der Waals surface area contributed by atoms with Gasteiger partial charge < -0.3 is 14.4 Å². The second-order valence-electron chi connectivity index (χ2n) is 5.27. The number of ether oxygens (including phenoxy) is 2. The van der Waals surface area contributed by atoms with Gasteiger partial charge in [-0.2, -0.15) is 5.10 Å². The van der Waals surface area contributed by atoms with E-state index in [2.05, 4.69) is 5.10 Å². The first kappa shape index (κ1) is 14.4. The third-order valence-electron chi connectivity index (χ3n) is 3.67. The number of rotatable bonds is 4. The number of benzene rings is 1. The van der Waals surface area contributed by atoms with Gasteiger partial charge in [-0.15, -0.1) is 0 Å². The fourth-order valence-corrected chi connectivity index (χ4v) is 2.53. The maximum atomic E-state index is 12.5. The summed E-state index contributed by atoms with van der Waals surface area (Å²) >= 11 is 0. The van der Waals surface area contributed by atoms with Gasteiger partial charge in [0.15, 0.2) is 5.69 Å². The van der Waals surface area contributed by atoms with E-state index < -0.39 is 0 Å². The third kappa shape index (κ3) is 2.77. The number of amides is 1. The highest BCUT2D eigenvalue weighted by Gasteiger charge is 2.21. The van der Waals surface area contributed by atoms with Crippen LogP contribution in [0, 0.1) is 0 Å². The average molecular weight is 301 g/mol. The number of carbonyl (C=O) groups excluding carboxylic acids is 1. The molecule has 0 saturated carbocycles. The molecule has 1 aromatic heterocycles. The van der Waals surface area contributed by atoms with Crippen molar-refractivity contribution in [2.75, 3.05) is 20.8 Å². The van der Waals surface area contributed by atoms with E-state index in [1.807, 2.05) is 24.3 Å². The summed E-state index contributed by atoms with van der Waals surface area (Å²) in [7, 11) is 3.38. The summed E-state index contributed by atoms with van der Waals surface area (Å²) < 4.78 is 12.6. The summed E-state index contributed by atoms with van der Waals surface area (Å²) in [5.41, 5.74) is 1.37. The van der Waals surface area contributed by atoms with Gasteiger partial charge in [0.25, 0.3) is 5.91 Å². The second kappa shape index (κ2) is 6.09. The molecule has 2 heterocycles. The molecule has 6 nitrogen and oxygen atoms in total. The Labute approximate surface area is 129 Å². The molecule has 116 valence electrons. The fourth-order valence-electron chi connectivity index (χ4n) is 2.53. The summed E-state index contributed by atoms with van der Waals surface area (Å²) in [4.78, 5) is 14.2. The van der Waals surface area contributed by atoms with Crippen LogP contribution in [0.25, 0.3) is 0 Å². The molecule has 1 amide bonds. The predicted molar refractivity (Wildman–Crippen MR) is 81.1 cm³/mol. The lowest BCUT2D eigenvalue weighted by atomic mass is 10.2. The normalized spacial score (nSPS) is 13.2. The second-order valence-corrected chi connectivity index (χ2v) is 5.27. The predicted octanol–water partition coefficient (Wildman–Crippen LogP) is 1.95. The highest BCUT2D eigenvalue weighted by Crippen LogP contribution is 2.22. The Morgan fingerprint density at radius 1 is 1.45 bits per heavy atom. The smallest absolute Gasteiger partial charge is 0.274 e. The molecule has 1 aliphatic heterocycles. The minimum absolute atomic E-state index is 0.128. The molecule has 0 bridgehead atoms. The minimum Gasteiger partial charge on any atom is -0.496 e. The van der Waals surface area contributed by atoms with Crippen molar-refractivity contribution in [2.24, 2.45) is 0 Å². The Kier molecular flexibility index (Phi) is 4.00. The molecule has 22 heavy (non-hydrogen) atoms. The topological polar surface area (TPSA) is 56.6 Å². The highest BCUT2D eigenvalue weighted by atomic mass is 16.5. The van der Waals surface area contributed by atoms with Crippen LogP contribution in [0.4, 0.5) is 0 Å². The van der Waals surface area contributed by atoms with E-state index in [-0.39, 0.29) is 5.91 Å². The van der Waals surface area contributed by atoms with Gasteiger partial charge in [0.2, 0.25) is 5.88 Å². The van der Waals surface area contributed by atoms with Crippen LogP contribution >= 0.6 is 0 Å². The number of para-hydroxylation sites is 1. The molecule has 0 saturated heterocycles. The van der Waals surface area contributed by atoms with Crippen LogP contribution in [0.3, 0.4) is 0 Å². The molecule has 1 aromatic carbocycles. The number of fused-ring (bicyclic) bond motifs is 1. The van der Waals surface area contributed by atoms with Crippen molar-refractivity contribution in [1.82, 2.24) is 14.7 Å². The van der Waals surface area contributed by atoms with Crippen molar-refractivity contribution in [3.8, 4) is 11.6 Å². The van der Waals surface area contributed by atoms with Crippen LogP contribution in [-0.2, 0) is 13.1 Å². The van der Waals surface area contributed by atoms with Gasteiger partial charge in [0.05, 0.1) is 13.7 Å². The number of hydrogen-bond donors (Lipinski definition) is 0. The molecular formula is C16H19N3O3. The van der Waals surface area contributed by atoms with Crippen LogP contribution in [0.5, 0.6) is 11.6 Å². The summed E-state index contributed by atoms with van der Waals surface area (Å²) in [5.74, 6) is 1.31. The maximum absolute atomic E-state index is 12.5. The summed E-state index contributed by atoms with van der Waals surface area (Å²) in [5, 5.41) is 4.33. The molecule has 1 aliphatic rings. The van der Waals surface area contributed by atoms with E-state index in [0.717, 1.165) is 24.3 Å². The van der Waals surface area contributed by atoms with Crippen molar-refractivity contribution in [3.63, 3.8) is 0 Å². The first-order valence-electron chi connectivity index (χ1n) is 7.27. The van der Waals surface area contributed by atoms with Crippen molar-refractivity contribution in [1.29, 1.82) is 0 Å². The standard InChI is InChI=1S/C16H19N3O3/c1-18(11-12-6-3-4-7-14(12)21-2)16(20)13-10-15-19(17-13)8-5-9-22-15/h3-4,6-7,10H,5,8-9,11H2,1-2H3. The summed E-state index contributed by atoms with van der Waals surface area (Å²) in [6.45, 7) is 1.93. The molecule has 2 aromatic rings. The third-order valence-corrected chi connectivity index (χ3v) is 3.67. The molecule has 0 fully saturated rings. The fraction of sp³-hybridized carbons (Fsp3) is 0.375. The van der Waals surface area contributed by atoms with Gasteiger partial charge in [-0.25, -0.2) is 4.68 Å². The zero-order valence-electron chi connectivity index (χ0n) is 12.8. The monoisotopic (exact) mass is 301 g/mol. The molecule has 3 rings (SSSR count). The molecule has 0 unspecified atom stereocenters. The van der Waals surface area contributed by atoms with Gasteiger partial charge in [-0.3, -0.25) is 4.79 Å². The average Bonchev–Trinajstić information content (AvgIpc) is 2.98. The van der Waals surface area contributed by atoms with Crippen LogP contribution < -0.4 is 9.47 Å². The largest absolute Gasteiger partial charge is 0.496 e. The lowest BCUT2D eigenvalue weighted by Crippen LogP contribution is -2.27. The van der Waals surface area contributed by atoms with Crippen LogP contribution in [0.1, 0.15) is 22.5 Å². The van der Waals surface area contributed by atoms with E-state index >= 15 is 0 Å². The van der Waals surface area contributed by atoms with E-state index in [1.165, 1.54) is 0 Å². The lowest BCUT2D eigenvalue weighted by molar-refractivity contribution is 0.0777. The Balaban J connectivity index is 1.75. The minimum atomic E-state index is -0.128. The Bertz CT molecular complexity index is 658. The molecule has 0 N–H and O–H groups in total. The lowest BCUT2D eigenvalue weighted by Gasteiger charge is -2.17. The number of hydrogen-bond acceptors (Lipinski definition) is 4. The number of aromatic nitrogens is 2. The first-order chi connectivity index (χ1) is 10.7. The Morgan fingerprint density at radius 3 is 3.05 bits per heavy atom. The highest BCUT2D eigenvalue weighted by molar-refractivity contribution is 5.92. The number of methoxy groups -OCH3 is 1. The quantitative estimate of drug-likeness (QED) is 0.866. The molecule has 0 radical (unpaired) electrons. The van der Waals surface area contributed by atoms with E-state index in [0.29, 0.717) is 24.7 Å². The van der Waals surface area contributed by atoms with E-state index in [1.54, 1.807) is 29.8 Å². The van der Waals surface area contributed by atoms with E-state index in [4.69, 9.17) is 9.47 Å². The first-order valence-corrected chi connectivity index (χ1v) is 7.27. The molecule has 0 aliphatic carbocycles. The van der Waals surface area contributed by atoms with Crippen molar-refractivity contribution in [3.05, 3.63) is 41.6 Å². The van der Waals surface area contributed by atoms with Crippen molar-refractivity contribution >= 4 is 5.91 Å².